The number of anilines is 1. The van der Waals surface area contributed by atoms with Crippen molar-refractivity contribution in [2.75, 3.05) is 11.4 Å². The van der Waals surface area contributed by atoms with Gasteiger partial charge in [-0.15, -0.1) is 0 Å². The minimum absolute atomic E-state index is 0.118. The minimum atomic E-state index is -0.769. The van der Waals surface area contributed by atoms with Crippen molar-refractivity contribution in [1.29, 1.82) is 0 Å². The molecule has 1 unspecified atom stereocenters. The summed E-state index contributed by atoms with van der Waals surface area (Å²) in [4.78, 5) is 32.0. The fourth-order valence-corrected chi connectivity index (χ4v) is 4.34. The molecular weight excluding hydrogens is 386 g/mol. The topological polar surface area (TPSA) is 65.2 Å². The van der Waals surface area contributed by atoms with Gasteiger partial charge in [0.15, 0.2) is 0 Å². The van der Waals surface area contributed by atoms with Crippen molar-refractivity contribution < 1.29 is 9.59 Å². The van der Waals surface area contributed by atoms with E-state index in [4.69, 9.17) is 0 Å². The van der Waals surface area contributed by atoms with E-state index in [1.165, 1.54) is 0 Å². The van der Waals surface area contributed by atoms with Crippen LogP contribution < -0.4 is 10.2 Å². The number of hydrogen-bond donors (Lipinski definition) is 2. The van der Waals surface area contributed by atoms with Crippen LogP contribution in [0.4, 0.5) is 5.69 Å². The maximum absolute atomic E-state index is 13.7. The van der Waals surface area contributed by atoms with E-state index < -0.39 is 6.04 Å². The number of H-pyrrole nitrogens is 1. The van der Waals surface area contributed by atoms with Gasteiger partial charge in [-0.1, -0.05) is 54.6 Å². The lowest BCUT2D eigenvalue weighted by Crippen LogP contribution is -2.45. The number of aryl methyl sites for hydroxylation is 1. The number of carbonyl (C=O) groups is 2. The zero-order chi connectivity index (χ0) is 21.2. The number of benzene rings is 3. The molecule has 0 saturated heterocycles. The molecule has 0 radical (unpaired) electrons. The lowest BCUT2D eigenvalue weighted by Gasteiger charge is -2.32. The van der Waals surface area contributed by atoms with E-state index >= 15 is 0 Å². The molecule has 2 amide bonds. The number of aromatic amines is 1. The van der Waals surface area contributed by atoms with Gasteiger partial charge in [0.25, 0.3) is 11.8 Å². The summed E-state index contributed by atoms with van der Waals surface area (Å²) in [6.45, 7) is 0.641. The monoisotopic (exact) mass is 409 g/mol. The van der Waals surface area contributed by atoms with Gasteiger partial charge in [0.05, 0.1) is 0 Å². The molecule has 1 aromatic heterocycles. The summed E-state index contributed by atoms with van der Waals surface area (Å²) >= 11 is 0. The van der Waals surface area contributed by atoms with Crippen LogP contribution in [0, 0.1) is 0 Å². The van der Waals surface area contributed by atoms with Gasteiger partial charge in [-0.25, -0.2) is 0 Å². The summed E-state index contributed by atoms with van der Waals surface area (Å²) < 4.78 is 0. The van der Waals surface area contributed by atoms with Gasteiger partial charge in [-0.2, -0.15) is 0 Å². The summed E-state index contributed by atoms with van der Waals surface area (Å²) in [6.07, 6.45) is 3.67. The molecule has 1 aliphatic rings. The molecule has 154 valence electrons. The SMILES string of the molecule is O=C(NC(C(=O)N1CCCc2ccccc21)c1ccccc1)c1cccc2[nH]ccc12. The van der Waals surface area contributed by atoms with Crippen molar-refractivity contribution in [3.8, 4) is 0 Å². The van der Waals surface area contributed by atoms with Gasteiger partial charge >= 0.3 is 0 Å². The molecule has 0 saturated carbocycles. The first kappa shape index (κ1) is 19.1. The molecule has 1 atom stereocenters. The second-order valence-corrected chi connectivity index (χ2v) is 7.78. The third-order valence-electron chi connectivity index (χ3n) is 5.87. The van der Waals surface area contributed by atoms with Crippen LogP contribution in [0.2, 0.25) is 0 Å². The van der Waals surface area contributed by atoms with Crippen molar-refractivity contribution in [3.05, 3.63) is 102 Å². The Hall–Kier alpha value is -3.86. The van der Waals surface area contributed by atoms with Crippen molar-refractivity contribution >= 4 is 28.4 Å². The number of carbonyl (C=O) groups excluding carboxylic acids is 2. The summed E-state index contributed by atoms with van der Waals surface area (Å²) in [5.41, 5.74) is 4.30. The van der Waals surface area contributed by atoms with Gasteiger partial charge in [-0.3, -0.25) is 9.59 Å². The van der Waals surface area contributed by atoms with E-state index in [1.807, 2.05) is 77.8 Å². The number of para-hydroxylation sites is 1. The normalized spacial score (nSPS) is 14.1. The Kier molecular flexibility index (Phi) is 5.00. The molecule has 31 heavy (non-hydrogen) atoms. The molecule has 0 aliphatic carbocycles. The Morgan fingerprint density at radius 3 is 2.58 bits per heavy atom. The predicted octanol–water partition coefficient (Wildman–Crippen LogP) is 4.62. The number of nitrogens with one attached hydrogen (secondary N) is 2. The van der Waals surface area contributed by atoms with Gasteiger partial charge in [0.1, 0.15) is 6.04 Å². The summed E-state index contributed by atoms with van der Waals surface area (Å²) in [7, 11) is 0. The largest absolute Gasteiger partial charge is 0.361 e. The predicted molar refractivity (Wildman–Crippen MR) is 122 cm³/mol. The molecule has 0 fully saturated rings. The van der Waals surface area contributed by atoms with Crippen LogP contribution in [-0.2, 0) is 11.2 Å². The van der Waals surface area contributed by atoms with Crippen LogP contribution in [0.1, 0.15) is 33.9 Å². The zero-order valence-corrected chi connectivity index (χ0v) is 17.0. The van der Waals surface area contributed by atoms with E-state index in [0.29, 0.717) is 12.1 Å². The fraction of sp³-hybridized carbons (Fsp3) is 0.154. The number of fused-ring (bicyclic) bond motifs is 2. The van der Waals surface area contributed by atoms with Crippen molar-refractivity contribution in [1.82, 2.24) is 10.3 Å². The molecule has 0 bridgehead atoms. The highest BCUT2D eigenvalue weighted by molar-refractivity contribution is 6.09. The van der Waals surface area contributed by atoms with Crippen LogP contribution in [0.15, 0.2) is 85.1 Å². The maximum atomic E-state index is 13.7. The highest BCUT2D eigenvalue weighted by atomic mass is 16.2. The average molecular weight is 409 g/mol. The molecule has 5 nitrogen and oxygen atoms in total. The van der Waals surface area contributed by atoms with E-state index in [-0.39, 0.29) is 11.8 Å². The molecule has 4 aromatic rings. The van der Waals surface area contributed by atoms with Crippen molar-refractivity contribution in [3.63, 3.8) is 0 Å². The Balaban J connectivity index is 1.51. The maximum Gasteiger partial charge on any atom is 0.254 e. The Morgan fingerprint density at radius 2 is 1.71 bits per heavy atom. The second-order valence-electron chi connectivity index (χ2n) is 7.78. The number of rotatable bonds is 4. The lowest BCUT2D eigenvalue weighted by atomic mass is 9.98. The highest BCUT2D eigenvalue weighted by Crippen LogP contribution is 2.30. The van der Waals surface area contributed by atoms with E-state index in [2.05, 4.69) is 16.4 Å². The van der Waals surface area contributed by atoms with E-state index in [1.54, 1.807) is 6.07 Å². The number of hydrogen-bond acceptors (Lipinski definition) is 2. The third kappa shape index (κ3) is 3.59. The molecule has 1 aliphatic heterocycles. The van der Waals surface area contributed by atoms with Crippen molar-refractivity contribution in [2.45, 2.75) is 18.9 Å². The van der Waals surface area contributed by atoms with E-state index in [9.17, 15) is 9.59 Å². The average Bonchev–Trinajstić information content (AvgIpc) is 3.31. The van der Waals surface area contributed by atoms with Gasteiger partial charge < -0.3 is 15.2 Å². The van der Waals surface area contributed by atoms with Crippen molar-refractivity contribution in [2.24, 2.45) is 0 Å². The van der Waals surface area contributed by atoms with Gasteiger partial charge in [-0.05, 0) is 48.2 Å². The third-order valence-corrected chi connectivity index (χ3v) is 5.87. The highest BCUT2D eigenvalue weighted by Gasteiger charge is 2.31. The number of nitrogens with zero attached hydrogens (tertiary/aromatic N) is 1. The fourth-order valence-electron chi connectivity index (χ4n) is 4.34. The first-order valence-corrected chi connectivity index (χ1v) is 10.5. The van der Waals surface area contributed by atoms with Crippen LogP contribution >= 0.6 is 0 Å². The Bertz CT molecular complexity index is 1250. The molecule has 5 rings (SSSR count). The second kappa shape index (κ2) is 8.11. The molecule has 2 N–H and O–H groups in total. The quantitative estimate of drug-likeness (QED) is 0.517. The Labute approximate surface area is 180 Å². The van der Waals surface area contributed by atoms with Gasteiger partial charge in [0.2, 0.25) is 0 Å². The van der Waals surface area contributed by atoms with E-state index in [0.717, 1.165) is 40.6 Å². The summed E-state index contributed by atoms with van der Waals surface area (Å²) in [6, 6.07) is 24.1. The molecule has 3 aromatic carbocycles. The number of amides is 2. The van der Waals surface area contributed by atoms with Crippen LogP contribution in [0.3, 0.4) is 0 Å². The first-order chi connectivity index (χ1) is 15.2. The van der Waals surface area contributed by atoms with Crippen LogP contribution in [0.5, 0.6) is 0 Å². The van der Waals surface area contributed by atoms with Gasteiger partial charge in [0, 0.05) is 34.9 Å². The number of aromatic nitrogens is 1. The Morgan fingerprint density at radius 1 is 0.903 bits per heavy atom. The van der Waals surface area contributed by atoms with Crippen LogP contribution in [-0.4, -0.2) is 23.3 Å². The lowest BCUT2D eigenvalue weighted by molar-refractivity contribution is -0.120. The molecule has 5 heteroatoms. The smallest absolute Gasteiger partial charge is 0.254 e. The summed E-state index contributed by atoms with van der Waals surface area (Å²) in [5.74, 6) is -0.384. The van der Waals surface area contributed by atoms with Crippen LogP contribution in [0.25, 0.3) is 10.9 Å². The minimum Gasteiger partial charge on any atom is -0.361 e. The molecular formula is C26H23N3O2. The molecule has 2 heterocycles. The first-order valence-electron chi connectivity index (χ1n) is 10.5. The molecule has 0 spiro atoms. The summed E-state index contributed by atoms with van der Waals surface area (Å²) in [5, 5.41) is 3.85. The standard InChI is InChI=1S/C26H23N3O2/c30-25(21-12-6-13-22-20(21)15-16-27-22)28-24(19-9-2-1-3-10-19)26(31)29-17-7-11-18-8-4-5-14-23(18)29/h1-6,8-10,12-16,24,27H,7,11,17H2,(H,28,30). The zero-order valence-electron chi connectivity index (χ0n) is 17.0.